The zero-order valence-corrected chi connectivity index (χ0v) is 10.8. The molecule has 0 radical (unpaired) electrons. The van der Waals surface area contributed by atoms with E-state index in [0.717, 1.165) is 5.56 Å². The average molecular weight is 263 g/mol. The Labute approximate surface area is 104 Å². The lowest BCUT2D eigenvalue weighted by molar-refractivity contribution is 0.345. The van der Waals surface area contributed by atoms with Crippen molar-refractivity contribution in [2.75, 3.05) is 21.3 Å². The Morgan fingerprint density at radius 3 is 2.19 bits per heavy atom. The average Bonchev–Trinajstić information content (AvgIpc) is 2.43. The molecule has 16 heavy (non-hydrogen) atoms. The summed E-state index contributed by atoms with van der Waals surface area (Å²) in [7, 11) is 4.71. The molecule has 0 heterocycles. The summed E-state index contributed by atoms with van der Waals surface area (Å²) in [6.45, 7) is 0. The molecule has 0 aromatic heterocycles. The van der Waals surface area contributed by atoms with Crippen molar-refractivity contribution in [2.45, 2.75) is 10.8 Å². The summed E-state index contributed by atoms with van der Waals surface area (Å²) >= 11 is 12.5. The highest BCUT2D eigenvalue weighted by atomic mass is 35.5. The predicted molar refractivity (Wildman–Crippen MR) is 63.2 cm³/mol. The van der Waals surface area contributed by atoms with Gasteiger partial charge in [-0.25, -0.2) is 0 Å². The summed E-state index contributed by atoms with van der Waals surface area (Å²) in [5, 5.41) is 0. The van der Waals surface area contributed by atoms with Crippen molar-refractivity contribution in [1.29, 1.82) is 0 Å². The Bertz CT molecular complexity index is 430. The van der Waals surface area contributed by atoms with E-state index in [9.17, 15) is 0 Å². The van der Waals surface area contributed by atoms with Crippen LogP contribution in [0.5, 0.6) is 17.2 Å². The lowest BCUT2D eigenvalue weighted by atomic mass is 10.2. The zero-order chi connectivity index (χ0) is 11.9. The van der Waals surface area contributed by atoms with Gasteiger partial charge < -0.3 is 14.2 Å². The molecule has 0 spiro atoms. The Morgan fingerprint density at radius 1 is 1.06 bits per heavy atom. The smallest absolute Gasteiger partial charge is 0.170 e. The molecular formula is C11H12Cl2O3. The van der Waals surface area contributed by atoms with E-state index in [-0.39, 0.29) is 0 Å². The van der Waals surface area contributed by atoms with Crippen molar-refractivity contribution in [1.82, 2.24) is 0 Å². The minimum atomic E-state index is -1.01. The summed E-state index contributed by atoms with van der Waals surface area (Å²) in [6.07, 6.45) is 0.494. The standard InChI is InChI=1S/C11H12Cl2O3/c1-14-7-4-6-5-11(12,13)8(9(6)15-2)10(7)16-3/h4H,5H2,1-3H3. The largest absolute Gasteiger partial charge is 0.496 e. The van der Waals surface area contributed by atoms with Crippen LogP contribution in [0.15, 0.2) is 6.07 Å². The number of rotatable bonds is 3. The van der Waals surface area contributed by atoms with E-state index in [0.29, 0.717) is 29.2 Å². The van der Waals surface area contributed by atoms with Gasteiger partial charge in [-0.1, -0.05) is 23.2 Å². The number of alkyl halides is 2. The van der Waals surface area contributed by atoms with E-state index in [1.807, 2.05) is 6.07 Å². The van der Waals surface area contributed by atoms with Crippen molar-refractivity contribution in [3.63, 3.8) is 0 Å². The van der Waals surface area contributed by atoms with Gasteiger partial charge in [0.25, 0.3) is 0 Å². The summed E-state index contributed by atoms with van der Waals surface area (Å²) in [5.74, 6) is 1.84. The highest BCUT2D eigenvalue weighted by Crippen LogP contribution is 2.57. The zero-order valence-electron chi connectivity index (χ0n) is 9.27. The summed E-state index contributed by atoms with van der Waals surface area (Å²) < 4.78 is 14.8. The molecule has 3 nitrogen and oxygen atoms in total. The molecule has 0 fully saturated rings. The van der Waals surface area contributed by atoms with E-state index >= 15 is 0 Å². The van der Waals surface area contributed by atoms with Gasteiger partial charge in [-0.3, -0.25) is 0 Å². The number of ether oxygens (including phenoxy) is 3. The number of fused-ring (bicyclic) bond motifs is 2. The number of hydrogen-bond acceptors (Lipinski definition) is 3. The molecule has 0 saturated heterocycles. The number of hydrogen-bond donors (Lipinski definition) is 0. The van der Waals surface area contributed by atoms with Gasteiger partial charge in [0.2, 0.25) is 0 Å². The topological polar surface area (TPSA) is 27.7 Å². The number of benzene rings is 1. The molecule has 0 atom stereocenters. The molecule has 1 aromatic carbocycles. The van der Waals surface area contributed by atoms with Gasteiger partial charge in [0.15, 0.2) is 15.8 Å². The van der Waals surface area contributed by atoms with Crippen LogP contribution in [0, 0.1) is 0 Å². The normalized spacial score (nSPS) is 16.1. The molecule has 5 heteroatoms. The monoisotopic (exact) mass is 262 g/mol. The lowest BCUT2D eigenvalue weighted by Gasteiger charge is -2.17. The molecule has 1 aromatic rings. The van der Waals surface area contributed by atoms with Crippen molar-refractivity contribution in [2.24, 2.45) is 0 Å². The highest BCUT2D eigenvalue weighted by Gasteiger charge is 2.43. The minimum Gasteiger partial charge on any atom is -0.496 e. The maximum atomic E-state index is 6.25. The molecule has 0 aliphatic heterocycles. The van der Waals surface area contributed by atoms with Crippen molar-refractivity contribution >= 4 is 23.2 Å². The molecule has 2 rings (SSSR count). The molecule has 1 aliphatic carbocycles. The second-order valence-corrected chi connectivity index (χ2v) is 5.04. The van der Waals surface area contributed by atoms with Crippen LogP contribution in [0.4, 0.5) is 0 Å². The van der Waals surface area contributed by atoms with Gasteiger partial charge >= 0.3 is 0 Å². The highest BCUT2D eigenvalue weighted by molar-refractivity contribution is 6.49. The minimum absolute atomic E-state index is 0.494. The van der Waals surface area contributed by atoms with Gasteiger partial charge in [0.1, 0.15) is 5.75 Å². The van der Waals surface area contributed by atoms with Gasteiger partial charge in [0.05, 0.1) is 26.9 Å². The fraction of sp³-hybridized carbons (Fsp3) is 0.455. The fourth-order valence-electron chi connectivity index (χ4n) is 2.05. The Balaban J connectivity index is 2.72. The molecule has 0 unspecified atom stereocenters. The van der Waals surface area contributed by atoms with Crippen molar-refractivity contribution in [3.05, 3.63) is 17.2 Å². The van der Waals surface area contributed by atoms with Crippen LogP contribution in [-0.2, 0) is 10.8 Å². The molecule has 1 aliphatic rings. The maximum absolute atomic E-state index is 6.25. The fourth-order valence-corrected chi connectivity index (χ4v) is 2.69. The van der Waals surface area contributed by atoms with Crippen LogP contribution in [-0.4, -0.2) is 21.3 Å². The van der Waals surface area contributed by atoms with E-state index in [4.69, 9.17) is 37.4 Å². The maximum Gasteiger partial charge on any atom is 0.170 e. The number of halogens is 2. The molecule has 88 valence electrons. The first-order valence-corrected chi connectivity index (χ1v) is 5.51. The first-order chi connectivity index (χ1) is 7.55. The van der Waals surface area contributed by atoms with Gasteiger partial charge in [-0.2, -0.15) is 0 Å². The lowest BCUT2D eigenvalue weighted by Crippen LogP contribution is -2.08. The SMILES string of the molecule is COc1cc2c(OC)c(c1OC)C(Cl)(Cl)C2. The van der Waals surface area contributed by atoms with Crippen LogP contribution in [0.2, 0.25) is 0 Å². The molecule has 0 saturated carbocycles. The first-order valence-electron chi connectivity index (χ1n) is 4.75. The first kappa shape index (κ1) is 11.7. The van der Waals surface area contributed by atoms with E-state index in [1.165, 1.54) is 0 Å². The quantitative estimate of drug-likeness (QED) is 0.785. The van der Waals surface area contributed by atoms with Crippen LogP contribution < -0.4 is 14.2 Å². The van der Waals surface area contributed by atoms with E-state index < -0.39 is 4.33 Å². The van der Waals surface area contributed by atoms with Crippen molar-refractivity contribution in [3.8, 4) is 17.2 Å². The second-order valence-electron chi connectivity index (χ2n) is 3.56. The Hall–Kier alpha value is -0.800. The summed E-state index contributed by atoms with van der Waals surface area (Å²) in [6, 6.07) is 1.84. The van der Waals surface area contributed by atoms with Crippen LogP contribution in [0.1, 0.15) is 11.1 Å². The van der Waals surface area contributed by atoms with Crippen LogP contribution in [0.3, 0.4) is 0 Å². The summed E-state index contributed by atoms with van der Waals surface area (Å²) in [4.78, 5) is 0. The molecule has 0 N–H and O–H groups in total. The Kier molecular flexibility index (Phi) is 2.84. The van der Waals surface area contributed by atoms with Gasteiger partial charge in [-0.05, 0) is 6.07 Å². The Morgan fingerprint density at radius 2 is 1.69 bits per heavy atom. The van der Waals surface area contributed by atoms with Crippen LogP contribution >= 0.6 is 23.2 Å². The summed E-state index contributed by atoms with van der Waals surface area (Å²) in [5.41, 5.74) is 1.58. The third-order valence-corrected chi connectivity index (χ3v) is 3.33. The molecule has 0 amide bonds. The second kappa shape index (κ2) is 3.90. The van der Waals surface area contributed by atoms with Crippen molar-refractivity contribution < 1.29 is 14.2 Å². The predicted octanol–water partition coefficient (Wildman–Crippen LogP) is 2.90. The number of methoxy groups -OCH3 is 3. The van der Waals surface area contributed by atoms with Gasteiger partial charge in [-0.15, -0.1) is 0 Å². The van der Waals surface area contributed by atoms with E-state index in [1.54, 1.807) is 21.3 Å². The van der Waals surface area contributed by atoms with Gasteiger partial charge in [0, 0.05) is 12.0 Å². The third-order valence-electron chi connectivity index (χ3n) is 2.68. The molecular weight excluding hydrogens is 251 g/mol. The van der Waals surface area contributed by atoms with E-state index in [2.05, 4.69) is 0 Å². The van der Waals surface area contributed by atoms with Crippen LogP contribution in [0.25, 0.3) is 0 Å². The third kappa shape index (κ3) is 1.50. The molecule has 2 bridgehead atoms.